The number of carbonyl (C=O) groups excluding carboxylic acids is 1. The second kappa shape index (κ2) is 6.47. The number of alkyl halides is 3. The molecule has 1 aromatic carbocycles. The summed E-state index contributed by atoms with van der Waals surface area (Å²) >= 11 is 1.22. The third-order valence-electron chi connectivity index (χ3n) is 3.74. The summed E-state index contributed by atoms with van der Waals surface area (Å²) in [7, 11) is 0. The average molecular weight is 389 g/mol. The van der Waals surface area contributed by atoms with E-state index in [1.165, 1.54) is 40.8 Å². The van der Waals surface area contributed by atoms with Crippen molar-refractivity contribution >= 4 is 32.7 Å². The van der Waals surface area contributed by atoms with Crippen molar-refractivity contribution in [2.75, 3.05) is 5.32 Å². The zero-order chi connectivity index (χ0) is 19.0. The maximum absolute atomic E-state index is 12.9. The van der Waals surface area contributed by atoms with E-state index in [1.807, 2.05) is 0 Å². The highest BCUT2D eigenvalue weighted by Crippen LogP contribution is 2.34. The van der Waals surface area contributed by atoms with E-state index in [4.69, 9.17) is 0 Å². The molecule has 0 aliphatic heterocycles. The van der Waals surface area contributed by atoms with Crippen LogP contribution in [0.2, 0.25) is 0 Å². The second-order valence-corrected chi connectivity index (χ2v) is 6.59. The number of rotatable bonds is 2. The van der Waals surface area contributed by atoms with Gasteiger partial charge in [-0.05, 0) is 23.8 Å². The summed E-state index contributed by atoms with van der Waals surface area (Å²) in [5.41, 5.74) is 0.753. The van der Waals surface area contributed by atoms with Gasteiger partial charge in [0.05, 0.1) is 15.8 Å². The summed E-state index contributed by atoms with van der Waals surface area (Å²) in [6.45, 7) is 0. The number of amides is 1. The normalized spacial score (nSPS) is 11.7. The van der Waals surface area contributed by atoms with Crippen molar-refractivity contribution in [1.82, 2.24) is 19.5 Å². The molecule has 6 nitrogen and oxygen atoms in total. The SMILES string of the molecule is O=C(Nc1nc2ccc(-c3cncc(C(F)(F)F)c3)cc2s1)n1ccnc1. The molecule has 0 saturated heterocycles. The number of anilines is 1. The third-order valence-corrected chi connectivity index (χ3v) is 4.67. The highest BCUT2D eigenvalue weighted by molar-refractivity contribution is 7.22. The van der Waals surface area contributed by atoms with Crippen molar-refractivity contribution in [3.8, 4) is 11.1 Å². The smallest absolute Gasteiger partial charge is 0.283 e. The number of hydrogen-bond acceptors (Lipinski definition) is 5. The molecule has 0 saturated carbocycles. The summed E-state index contributed by atoms with van der Waals surface area (Å²) < 4.78 is 40.6. The molecule has 0 aliphatic carbocycles. The van der Waals surface area contributed by atoms with Crippen molar-refractivity contribution in [3.63, 3.8) is 0 Å². The van der Waals surface area contributed by atoms with E-state index in [9.17, 15) is 18.0 Å². The van der Waals surface area contributed by atoms with Crippen LogP contribution in [0.4, 0.5) is 23.1 Å². The first-order valence-corrected chi connectivity index (χ1v) is 8.44. The van der Waals surface area contributed by atoms with Crippen LogP contribution in [0.3, 0.4) is 0 Å². The zero-order valence-electron chi connectivity index (χ0n) is 13.4. The Balaban J connectivity index is 1.64. The number of pyridine rings is 1. The van der Waals surface area contributed by atoms with Crippen molar-refractivity contribution in [3.05, 3.63) is 60.9 Å². The average Bonchev–Trinajstić information content (AvgIpc) is 3.30. The summed E-state index contributed by atoms with van der Waals surface area (Å²) in [5.74, 6) is 0. The van der Waals surface area contributed by atoms with Gasteiger partial charge in [-0.2, -0.15) is 13.2 Å². The van der Waals surface area contributed by atoms with Crippen molar-refractivity contribution in [2.45, 2.75) is 6.18 Å². The van der Waals surface area contributed by atoms with Crippen LogP contribution in [0, 0.1) is 0 Å². The molecule has 10 heteroatoms. The number of halogens is 3. The zero-order valence-corrected chi connectivity index (χ0v) is 14.3. The molecule has 0 unspecified atom stereocenters. The third kappa shape index (κ3) is 3.51. The van der Waals surface area contributed by atoms with Crippen LogP contribution < -0.4 is 5.32 Å². The van der Waals surface area contributed by atoms with Crippen LogP contribution in [-0.2, 0) is 6.18 Å². The van der Waals surface area contributed by atoms with Gasteiger partial charge in [-0.3, -0.25) is 14.9 Å². The Labute approximate surface area is 154 Å². The van der Waals surface area contributed by atoms with Crippen molar-refractivity contribution < 1.29 is 18.0 Å². The van der Waals surface area contributed by atoms with E-state index < -0.39 is 17.8 Å². The van der Waals surface area contributed by atoms with Gasteiger partial charge in [0.2, 0.25) is 0 Å². The van der Waals surface area contributed by atoms with Gasteiger partial charge in [-0.25, -0.2) is 14.8 Å². The first-order valence-electron chi connectivity index (χ1n) is 7.63. The molecule has 27 heavy (non-hydrogen) atoms. The Morgan fingerprint density at radius 1 is 1.11 bits per heavy atom. The molecular weight excluding hydrogens is 379 g/mol. The van der Waals surface area contributed by atoms with Gasteiger partial charge < -0.3 is 0 Å². The first-order chi connectivity index (χ1) is 12.9. The minimum atomic E-state index is -4.46. The fourth-order valence-corrected chi connectivity index (χ4v) is 3.34. The molecule has 0 fully saturated rings. The molecule has 0 radical (unpaired) electrons. The Bertz CT molecular complexity index is 1120. The number of imidazole rings is 1. The molecule has 0 aliphatic rings. The van der Waals surface area contributed by atoms with Gasteiger partial charge in [0, 0.05) is 30.4 Å². The summed E-state index contributed by atoms with van der Waals surface area (Å²) in [4.78, 5) is 23.8. The topological polar surface area (TPSA) is 72.7 Å². The second-order valence-electron chi connectivity index (χ2n) is 5.56. The predicted molar refractivity (Wildman–Crippen MR) is 94.5 cm³/mol. The number of benzene rings is 1. The fraction of sp³-hybridized carbons (Fsp3) is 0.0588. The number of carbonyl (C=O) groups is 1. The molecule has 3 heterocycles. The maximum Gasteiger partial charge on any atom is 0.417 e. The Morgan fingerprint density at radius 2 is 1.96 bits per heavy atom. The molecule has 1 N–H and O–H groups in total. The molecule has 4 rings (SSSR count). The van der Waals surface area contributed by atoms with Crippen LogP contribution in [-0.4, -0.2) is 25.6 Å². The largest absolute Gasteiger partial charge is 0.417 e. The summed E-state index contributed by atoms with van der Waals surface area (Å²) in [6, 6.07) is 5.72. The monoisotopic (exact) mass is 389 g/mol. The summed E-state index contributed by atoms with van der Waals surface area (Å²) in [6.07, 6.45) is 2.05. The first kappa shape index (κ1) is 17.2. The van der Waals surface area contributed by atoms with E-state index in [-0.39, 0.29) is 0 Å². The van der Waals surface area contributed by atoms with Crippen LogP contribution in [0.25, 0.3) is 21.3 Å². The van der Waals surface area contributed by atoms with Gasteiger partial charge in [0.15, 0.2) is 5.13 Å². The Kier molecular flexibility index (Phi) is 4.11. The number of aromatic nitrogens is 4. The highest BCUT2D eigenvalue weighted by Gasteiger charge is 2.31. The van der Waals surface area contributed by atoms with Crippen molar-refractivity contribution in [1.29, 1.82) is 0 Å². The van der Waals surface area contributed by atoms with Gasteiger partial charge >= 0.3 is 12.2 Å². The number of nitrogens with zero attached hydrogens (tertiary/aromatic N) is 4. The molecular formula is C17H10F3N5OS. The Morgan fingerprint density at radius 3 is 2.70 bits per heavy atom. The van der Waals surface area contributed by atoms with Crippen molar-refractivity contribution in [2.24, 2.45) is 0 Å². The number of thiazole rings is 1. The van der Waals surface area contributed by atoms with Gasteiger partial charge in [0.1, 0.15) is 6.33 Å². The number of fused-ring (bicyclic) bond motifs is 1. The standard InChI is InChI=1S/C17H10F3N5OS/c18-17(19,20)12-5-11(7-22-8-12)10-1-2-13-14(6-10)27-15(23-13)24-16(26)25-4-3-21-9-25/h1-9H,(H,23,24,26). The molecule has 0 bridgehead atoms. The van der Waals surface area contributed by atoms with Gasteiger partial charge in [0.25, 0.3) is 0 Å². The van der Waals surface area contributed by atoms with E-state index in [1.54, 1.807) is 18.2 Å². The van der Waals surface area contributed by atoms with E-state index >= 15 is 0 Å². The Hall–Kier alpha value is -3.27. The summed E-state index contributed by atoms with van der Waals surface area (Å²) in [5, 5.41) is 3.03. The molecule has 3 aromatic heterocycles. The quantitative estimate of drug-likeness (QED) is 0.541. The van der Waals surface area contributed by atoms with Crippen LogP contribution in [0.15, 0.2) is 55.4 Å². The molecule has 1 amide bonds. The molecule has 0 atom stereocenters. The molecule has 4 aromatic rings. The lowest BCUT2D eigenvalue weighted by Crippen LogP contribution is -2.17. The van der Waals surface area contributed by atoms with Crippen LogP contribution in [0.5, 0.6) is 0 Å². The van der Waals surface area contributed by atoms with E-state index in [2.05, 4.69) is 20.3 Å². The number of hydrogen-bond donors (Lipinski definition) is 1. The molecule has 0 spiro atoms. The van der Waals surface area contributed by atoms with Gasteiger partial charge in [-0.1, -0.05) is 17.4 Å². The number of nitrogens with one attached hydrogen (secondary N) is 1. The predicted octanol–water partition coefficient (Wildman–Crippen LogP) is 4.65. The lowest BCUT2D eigenvalue weighted by molar-refractivity contribution is -0.137. The minimum Gasteiger partial charge on any atom is -0.283 e. The minimum absolute atomic E-state index is 0.351. The van der Waals surface area contributed by atoms with E-state index in [0.717, 1.165) is 17.0 Å². The lowest BCUT2D eigenvalue weighted by Gasteiger charge is -2.08. The van der Waals surface area contributed by atoms with Crippen LogP contribution in [0.1, 0.15) is 5.56 Å². The van der Waals surface area contributed by atoms with Gasteiger partial charge in [-0.15, -0.1) is 0 Å². The van der Waals surface area contributed by atoms with E-state index in [0.29, 0.717) is 21.8 Å². The fourth-order valence-electron chi connectivity index (χ4n) is 2.45. The molecule has 136 valence electrons. The highest BCUT2D eigenvalue weighted by atomic mass is 32.1. The maximum atomic E-state index is 12.9. The van der Waals surface area contributed by atoms with Crippen LogP contribution >= 0.6 is 11.3 Å². The lowest BCUT2D eigenvalue weighted by atomic mass is 10.1.